The molecule has 1 aliphatic rings. The van der Waals surface area contributed by atoms with Crippen molar-refractivity contribution >= 4 is 23.6 Å². The van der Waals surface area contributed by atoms with Crippen molar-refractivity contribution in [3.8, 4) is 0 Å². The number of halogens is 1. The molecule has 1 unspecified atom stereocenters. The number of amides is 2. The molecule has 1 aromatic carbocycles. The van der Waals surface area contributed by atoms with Gasteiger partial charge in [-0.05, 0) is 37.5 Å². The van der Waals surface area contributed by atoms with E-state index in [9.17, 15) is 9.59 Å². The predicted octanol–water partition coefficient (Wildman–Crippen LogP) is 2.75. The van der Waals surface area contributed by atoms with Gasteiger partial charge in [0.2, 0.25) is 5.91 Å². The van der Waals surface area contributed by atoms with E-state index in [1.807, 2.05) is 24.3 Å². The number of nitrogens with one attached hydrogen (secondary N) is 2. The molecule has 1 aromatic rings. The van der Waals surface area contributed by atoms with Crippen molar-refractivity contribution in [2.45, 2.75) is 44.2 Å². The summed E-state index contributed by atoms with van der Waals surface area (Å²) in [6.45, 7) is 1.54. The average molecular weight is 311 g/mol. The first-order valence-electron chi connectivity index (χ1n) is 7.02. The summed E-state index contributed by atoms with van der Waals surface area (Å²) in [6.07, 6.45) is 1.75. The quantitative estimate of drug-likeness (QED) is 0.800. The second-order valence-corrected chi connectivity index (χ2v) is 5.81. The molecule has 0 aromatic heterocycles. The van der Waals surface area contributed by atoms with Crippen LogP contribution in [0.4, 0.5) is 4.79 Å². The summed E-state index contributed by atoms with van der Waals surface area (Å²) in [5, 5.41) is 14.5. The van der Waals surface area contributed by atoms with E-state index in [0.717, 1.165) is 24.8 Å². The molecule has 114 valence electrons. The minimum atomic E-state index is -1.20. The molecule has 3 atom stereocenters. The lowest BCUT2D eigenvalue weighted by Gasteiger charge is -2.23. The standard InChI is InChI=1S/C15H19ClN2O3/c1-9(17-15(20)21)14(19)18-13-4-2-3-12(13)10-5-7-11(16)8-6-10/h5-9,12-13,17H,2-4H2,1H3,(H,18,19)(H,20,21)/t9?,12-,13+/m1/s1. The molecule has 3 N–H and O–H groups in total. The highest BCUT2D eigenvalue weighted by Gasteiger charge is 2.31. The van der Waals surface area contributed by atoms with Gasteiger partial charge in [0.15, 0.2) is 0 Å². The molecule has 21 heavy (non-hydrogen) atoms. The smallest absolute Gasteiger partial charge is 0.405 e. The van der Waals surface area contributed by atoms with Crippen LogP contribution in [-0.2, 0) is 4.79 Å². The largest absolute Gasteiger partial charge is 0.465 e. The Morgan fingerprint density at radius 2 is 1.95 bits per heavy atom. The Bertz CT molecular complexity index is 518. The number of carbonyl (C=O) groups is 2. The van der Waals surface area contributed by atoms with Crippen LogP contribution in [0.5, 0.6) is 0 Å². The average Bonchev–Trinajstić information content (AvgIpc) is 2.87. The van der Waals surface area contributed by atoms with Gasteiger partial charge in [0.05, 0.1) is 0 Å². The summed E-state index contributed by atoms with van der Waals surface area (Å²) in [6, 6.07) is 6.95. The molecule has 0 heterocycles. The van der Waals surface area contributed by atoms with Crippen molar-refractivity contribution in [1.82, 2.24) is 10.6 Å². The number of carboxylic acid groups (broad SMARTS) is 1. The third-order valence-electron chi connectivity index (χ3n) is 3.88. The van der Waals surface area contributed by atoms with Crippen molar-refractivity contribution in [3.05, 3.63) is 34.9 Å². The van der Waals surface area contributed by atoms with Gasteiger partial charge in [-0.25, -0.2) is 4.79 Å². The van der Waals surface area contributed by atoms with E-state index in [1.54, 1.807) is 0 Å². The van der Waals surface area contributed by atoms with Crippen molar-refractivity contribution < 1.29 is 14.7 Å². The van der Waals surface area contributed by atoms with Gasteiger partial charge in [-0.3, -0.25) is 4.79 Å². The second-order valence-electron chi connectivity index (χ2n) is 5.38. The molecule has 2 amide bonds. The van der Waals surface area contributed by atoms with Crippen LogP contribution >= 0.6 is 11.6 Å². The molecular formula is C15H19ClN2O3. The molecule has 2 rings (SSSR count). The summed E-state index contributed by atoms with van der Waals surface area (Å²) in [7, 11) is 0. The van der Waals surface area contributed by atoms with Crippen molar-refractivity contribution in [3.63, 3.8) is 0 Å². The van der Waals surface area contributed by atoms with Gasteiger partial charge in [-0.1, -0.05) is 30.2 Å². The van der Waals surface area contributed by atoms with E-state index >= 15 is 0 Å². The molecule has 0 saturated heterocycles. The van der Waals surface area contributed by atoms with Crippen LogP contribution < -0.4 is 10.6 Å². The SMILES string of the molecule is CC(NC(=O)O)C(=O)N[C@H]1CCC[C@@H]1c1ccc(Cl)cc1. The van der Waals surface area contributed by atoms with Crippen molar-refractivity contribution in [2.24, 2.45) is 0 Å². The highest BCUT2D eigenvalue weighted by molar-refractivity contribution is 6.30. The zero-order valence-corrected chi connectivity index (χ0v) is 12.6. The van der Waals surface area contributed by atoms with E-state index in [1.165, 1.54) is 6.92 Å². The van der Waals surface area contributed by atoms with Crippen LogP contribution in [0.1, 0.15) is 37.7 Å². The minimum Gasteiger partial charge on any atom is -0.465 e. The minimum absolute atomic E-state index is 0.0386. The van der Waals surface area contributed by atoms with Crippen LogP contribution in [-0.4, -0.2) is 29.2 Å². The summed E-state index contributed by atoms with van der Waals surface area (Å²) in [5.41, 5.74) is 1.15. The third kappa shape index (κ3) is 4.11. The first-order valence-corrected chi connectivity index (χ1v) is 7.40. The maximum atomic E-state index is 12.0. The van der Waals surface area contributed by atoms with Gasteiger partial charge in [0.1, 0.15) is 6.04 Å². The first kappa shape index (κ1) is 15.6. The number of hydrogen-bond donors (Lipinski definition) is 3. The highest BCUT2D eigenvalue weighted by Crippen LogP contribution is 2.35. The lowest BCUT2D eigenvalue weighted by atomic mass is 9.94. The predicted molar refractivity (Wildman–Crippen MR) is 80.6 cm³/mol. The fraction of sp³-hybridized carbons (Fsp3) is 0.467. The number of carbonyl (C=O) groups excluding carboxylic acids is 1. The maximum absolute atomic E-state index is 12.0. The van der Waals surface area contributed by atoms with Gasteiger partial charge in [0.25, 0.3) is 0 Å². The Morgan fingerprint density at radius 3 is 2.57 bits per heavy atom. The van der Waals surface area contributed by atoms with Crippen LogP contribution in [0, 0.1) is 0 Å². The van der Waals surface area contributed by atoms with E-state index in [0.29, 0.717) is 5.02 Å². The fourth-order valence-corrected chi connectivity index (χ4v) is 2.93. The molecule has 0 radical (unpaired) electrons. The van der Waals surface area contributed by atoms with Crippen molar-refractivity contribution in [2.75, 3.05) is 0 Å². The summed E-state index contributed by atoms with van der Waals surface area (Å²) >= 11 is 5.90. The Morgan fingerprint density at radius 1 is 1.29 bits per heavy atom. The third-order valence-corrected chi connectivity index (χ3v) is 4.13. The Labute approximate surface area is 128 Å². The normalized spacial score (nSPS) is 22.6. The van der Waals surface area contributed by atoms with Gasteiger partial charge in [-0.2, -0.15) is 0 Å². The second kappa shape index (κ2) is 6.80. The Hall–Kier alpha value is -1.75. The molecular weight excluding hydrogens is 292 g/mol. The van der Waals surface area contributed by atoms with Crippen LogP contribution in [0.15, 0.2) is 24.3 Å². The Kier molecular flexibility index (Phi) is 5.07. The molecule has 1 saturated carbocycles. The summed E-state index contributed by atoms with van der Waals surface area (Å²) in [4.78, 5) is 22.6. The maximum Gasteiger partial charge on any atom is 0.405 e. The van der Waals surface area contributed by atoms with Gasteiger partial charge < -0.3 is 15.7 Å². The zero-order valence-electron chi connectivity index (χ0n) is 11.8. The van der Waals surface area contributed by atoms with Crippen LogP contribution in [0.3, 0.4) is 0 Å². The van der Waals surface area contributed by atoms with E-state index < -0.39 is 12.1 Å². The molecule has 1 aliphatic carbocycles. The van der Waals surface area contributed by atoms with Crippen LogP contribution in [0.2, 0.25) is 5.02 Å². The van der Waals surface area contributed by atoms with Crippen LogP contribution in [0.25, 0.3) is 0 Å². The highest BCUT2D eigenvalue weighted by atomic mass is 35.5. The number of rotatable bonds is 4. The summed E-state index contributed by atoms with van der Waals surface area (Å²) < 4.78 is 0. The van der Waals surface area contributed by atoms with Gasteiger partial charge in [-0.15, -0.1) is 0 Å². The molecule has 6 heteroatoms. The topological polar surface area (TPSA) is 78.4 Å². The monoisotopic (exact) mass is 310 g/mol. The molecule has 1 fully saturated rings. The van der Waals surface area contributed by atoms with Crippen molar-refractivity contribution in [1.29, 1.82) is 0 Å². The van der Waals surface area contributed by atoms with E-state index in [-0.39, 0.29) is 17.9 Å². The number of hydrogen-bond acceptors (Lipinski definition) is 2. The Balaban J connectivity index is 2.00. The zero-order chi connectivity index (χ0) is 15.4. The number of benzene rings is 1. The fourth-order valence-electron chi connectivity index (χ4n) is 2.80. The van der Waals surface area contributed by atoms with Gasteiger partial charge >= 0.3 is 6.09 Å². The van der Waals surface area contributed by atoms with E-state index in [2.05, 4.69) is 10.6 Å². The molecule has 0 bridgehead atoms. The molecule has 0 aliphatic heterocycles. The lowest BCUT2D eigenvalue weighted by Crippen LogP contribution is -2.48. The first-order chi connectivity index (χ1) is 9.97. The van der Waals surface area contributed by atoms with E-state index in [4.69, 9.17) is 16.7 Å². The lowest BCUT2D eigenvalue weighted by molar-refractivity contribution is -0.123. The molecule has 5 nitrogen and oxygen atoms in total. The summed E-state index contributed by atoms with van der Waals surface area (Å²) in [5.74, 6) is -0.0356. The van der Waals surface area contributed by atoms with Gasteiger partial charge in [0, 0.05) is 17.0 Å². The molecule has 0 spiro atoms.